The van der Waals surface area contributed by atoms with Gasteiger partial charge in [0.15, 0.2) is 0 Å². The van der Waals surface area contributed by atoms with E-state index in [1.165, 1.54) is 96.4 Å². The zero-order valence-corrected chi connectivity index (χ0v) is 23.8. The minimum atomic E-state index is 0.476. The van der Waals surface area contributed by atoms with Crippen LogP contribution in [0.15, 0.2) is 18.2 Å². The topological polar surface area (TPSA) is 57.4 Å². The van der Waals surface area contributed by atoms with Crippen LogP contribution < -0.4 is 0 Å². The molecule has 38 heavy (non-hydrogen) atoms. The largest absolute Gasteiger partial charge is 0.355 e. The zero-order chi connectivity index (χ0) is 26.5. The average molecular weight is 503 g/mol. The molecule has 3 aromatic rings. The molecular formula is C34H38N4. The van der Waals surface area contributed by atoms with Gasteiger partial charge in [0.25, 0.3) is 0 Å². The average Bonchev–Trinajstić information content (AvgIpc) is 3.58. The van der Waals surface area contributed by atoms with Crippen molar-refractivity contribution >= 4 is 44.4 Å². The van der Waals surface area contributed by atoms with Gasteiger partial charge in [0.05, 0.1) is 22.8 Å². The van der Waals surface area contributed by atoms with E-state index in [1.807, 2.05) is 0 Å². The number of allylic oxidation sites excluding steroid dienone is 4. The monoisotopic (exact) mass is 502 g/mol. The maximum absolute atomic E-state index is 5.39. The van der Waals surface area contributed by atoms with Crippen LogP contribution in [0.5, 0.6) is 0 Å². The summed E-state index contributed by atoms with van der Waals surface area (Å²) in [5.41, 5.74) is 21.8. The molecule has 8 bridgehead atoms. The van der Waals surface area contributed by atoms with Crippen LogP contribution in [0.3, 0.4) is 0 Å². The van der Waals surface area contributed by atoms with E-state index in [-0.39, 0.29) is 0 Å². The molecule has 2 aliphatic carbocycles. The molecule has 4 aliphatic rings. The number of H-pyrrole nitrogens is 2. The summed E-state index contributed by atoms with van der Waals surface area (Å²) in [6.07, 6.45) is 5.52. The van der Waals surface area contributed by atoms with E-state index < -0.39 is 0 Å². The Morgan fingerprint density at radius 2 is 1.34 bits per heavy atom. The predicted molar refractivity (Wildman–Crippen MR) is 160 cm³/mol. The molecule has 0 fully saturated rings. The lowest BCUT2D eigenvalue weighted by molar-refractivity contribution is 0.532. The number of aromatic nitrogens is 4. The number of fused-ring (bicyclic) bond motifs is 6. The summed E-state index contributed by atoms with van der Waals surface area (Å²) in [7, 11) is 0. The number of rotatable bonds is 2. The van der Waals surface area contributed by atoms with Gasteiger partial charge < -0.3 is 9.97 Å². The highest BCUT2D eigenvalue weighted by Gasteiger charge is 2.42. The SMILES string of the molecule is CCc1c(C)c2cc3[nH]c(cc4nc5c6c7nc(cc1[nH]2)C(C)=C7C(C)C6CCCC5=C4C)c(C)c3CC. The molecule has 2 aliphatic heterocycles. The van der Waals surface area contributed by atoms with Crippen molar-refractivity contribution in [1.82, 2.24) is 19.9 Å². The molecule has 0 radical (unpaired) electrons. The van der Waals surface area contributed by atoms with Gasteiger partial charge in [-0.15, -0.1) is 0 Å². The number of hydrogen-bond acceptors (Lipinski definition) is 2. The van der Waals surface area contributed by atoms with E-state index in [0.29, 0.717) is 11.8 Å². The Hall–Kier alpha value is -3.40. The highest BCUT2D eigenvalue weighted by molar-refractivity contribution is 6.00. The minimum Gasteiger partial charge on any atom is -0.355 e. The van der Waals surface area contributed by atoms with Gasteiger partial charge in [-0.1, -0.05) is 20.8 Å². The first-order valence-electron chi connectivity index (χ1n) is 14.5. The van der Waals surface area contributed by atoms with E-state index in [2.05, 4.69) is 76.6 Å². The fourth-order valence-electron chi connectivity index (χ4n) is 7.79. The first-order valence-corrected chi connectivity index (χ1v) is 14.5. The van der Waals surface area contributed by atoms with Gasteiger partial charge in [0.1, 0.15) is 0 Å². The molecule has 4 heteroatoms. The molecule has 2 atom stereocenters. The molecule has 2 N–H and O–H groups in total. The Kier molecular flexibility index (Phi) is 5.17. The molecule has 7 rings (SSSR count). The first kappa shape index (κ1) is 23.7. The third-order valence-corrected chi connectivity index (χ3v) is 9.97. The summed E-state index contributed by atoms with van der Waals surface area (Å²) in [5.74, 6) is 0.984. The van der Waals surface area contributed by atoms with Crippen molar-refractivity contribution in [1.29, 1.82) is 0 Å². The smallest absolute Gasteiger partial charge is 0.0732 e. The van der Waals surface area contributed by atoms with Crippen LogP contribution >= 0.6 is 0 Å². The maximum atomic E-state index is 5.39. The van der Waals surface area contributed by atoms with E-state index in [1.54, 1.807) is 0 Å². The van der Waals surface area contributed by atoms with Crippen LogP contribution in [0, 0.1) is 19.8 Å². The number of hydrogen-bond donors (Lipinski definition) is 2. The van der Waals surface area contributed by atoms with Crippen molar-refractivity contribution in [2.45, 2.75) is 86.5 Å². The second-order valence-electron chi connectivity index (χ2n) is 11.8. The molecule has 0 aromatic carbocycles. The van der Waals surface area contributed by atoms with Crippen molar-refractivity contribution in [3.05, 3.63) is 68.8 Å². The van der Waals surface area contributed by atoms with Crippen molar-refractivity contribution in [3.63, 3.8) is 0 Å². The molecule has 2 unspecified atom stereocenters. The lowest BCUT2D eigenvalue weighted by Gasteiger charge is -2.16. The number of nitrogens with one attached hydrogen (secondary N) is 2. The van der Waals surface area contributed by atoms with Crippen molar-refractivity contribution in [2.24, 2.45) is 5.92 Å². The van der Waals surface area contributed by atoms with Gasteiger partial charge in [-0.3, -0.25) is 0 Å². The van der Waals surface area contributed by atoms with Gasteiger partial charge in [-0.2, -0.15) is 0 Å². The van der Waals surface area contributed by atoms with Crippen molar-refractivity contribution in [3.8, 4) is 0 Å². The Morgan fingerprint density at radius 3 is 2.03 bits per heavy atom. The van der Waals surface area contributed by atoms with Crippen LogP contribution in [-0.4, -0.2) is 19.9 Å². The Labute approximate surface area is 225 Å². The number of aromatic amines is 2. The van der Waals surface area contributed by atoms with Crippen molar-refractivity contribution < 1.29 is 0 Å². The van der Waals surface area contributed by atoms with Crippen LogP contribution in [0.25, 0.3) is 44.4 Å². The van der Waals surface area contributed by atoms with E-state index >= 15 is 0 Å². The molecule has 0 spiro atoms. The van der Waals surface area contributed by atoms with Gasteiger partial charge in [0, 0.05) is 27.6 Å². The lowest BCUT2D eigenvalue weighted by Crippen LogP contribution is -2.04. The van der Waals surface area contributed by atoms with E-state index in [9.17, 15) is 0 Å². The molecule has 0 saturated carbocycles. The summed E-state index contributed by atoms with van der Waals surface area (Å²) in [6.45, 7) is 16.0. The maximum Gasteiger partial charge on any atom is 0.0732 e. The first-order chi connectivity index (χ1) is 18.3. The third kappa shape index (κ3) is 3.09. The van der Waals surface area contributed by atoms with Crippen LogP contribution in [0.2, 0.25) is 0 Å². The number of nitrogens with zero attached hydrogens (tertiary/aromatic N) is 2. The molecule has 5 heterocycles. The molecule has 194 valence electrons. The second kappa shape index (κ2) is 8.30. The van der Waals surface area contributed by atoms with Gasteiger partial charge >= 0.3 is 0 Å². The van der Waals surface area contributed by atoms with Crippen LogP contribution in [0.1, 0.15) is 110 Å². The highest BCUT2D eigenvalue weighted by atomic mass is 14.8. The summed E-state index contributed by atoms with van der Waals surface area (Å²) >= 11 is 0. The molecule has 3 aromatic heterocycles. The summed E-state index contributed by atoms with van der Waals surface area (Å²) in [4.78, 5) is 18.3. The van der Waals surface area contributed by atoms with Crippen molar-refractivity contribution in [2.75, 3.05) is 0 Å². The second-order valence-corrected chi connectivity index (χ2v) is 11.8. The fraction of sp³-hybridized carbons (Fsp3) is 0.412. The van der Waals surface area contributed by atoms with Crippen LogP contribution in [0.4, 0.5) is 0 Å². The molecule has 0 saturated heterocycles. The van der Waals surface area contributed by atoms with E-state index in [0.717, 1.165) is 30.7 Å². The lowest BCUT2D eigenvalue weighted by atomic mass is 9.87. The van der Waals surface area contributed by atoms with Crippen LogP contribution in [-0.2, 0) is 12.8 Å². The third-order valence-electron chi connectivity index (χ3n) is 9.97. The standard InChI is InChI=1S/C34H38N4/c1-8-21-16(3)25-13-27-18(5)24-12-10-11-23-19(6)31-20(7)28(38-34(31)32(23)33(24)37-27)15-30-22(9-2)17(4)26(36-30)14-29(21)35-25/h13-15,19,23,35-36H,8-12H2,1-7H3. The Morgan fingerprint density at radius 1 is 0.763 bits per heavy atom. The minimum absolute atomic E-state index is 0.476. The Balaban J connectivity index is 1.70. The summed E-state index contributed by atoms with van der Waals surface area (Å²) < 4.78 is 0. The van der Waals surface area contributed by atoms with E-state index in [4.69, 9.17) is 9.97 Å². The predicted octanol–water partition coefficient (Wildman–Crippen LogP) is 8.84. The number of aryl methyl sites for hydroxylation is 4. The quantitative estimate of drug-likeness (QED) is 0.368. The molecule has 4 nitrogen and oxygen atoms in total. The normalized spacial score (nSPS) is 20.2. The Bertz CT molecular complexity index is 1770. The van der Waals surface area contributed by atoms with Gasteiger partial charge in [0.2, 0.25) is 0 Å². The molecule has 0 amide bonds. The fourth-order valence-corrected chi connectivity index (χ4v) is 7.79. The van der Waals surface area contributed by atoms with Gasteiger partial charge in [-0.25, -0.2) is 9.97 Å². The van der Waals surface area contributed by atoms with Gasteiger partial charge in [-0.05, 0) is 134 Å². The summed E-state index contributed by atoms with van der Waals surface area (Å²) in [6, 6.07) is 6.91. The highest BCUT2D eigenvalue weighted by Crippen LogP contribution is 2.56. The summed E-state index contributed by atoms with van der Waals surface area (Å²) in [5, 5.41) is 0. The molecular weight excluding hydrogens is 464 g/mol. The zero-order valence-electron chi connectivity index (χ0n) is 23.8.